The Morgan fingerprint density at radius 2 is 1.79 bits per heavy atom. The first-order valence-electron chi connectivity index (χ1n) is 12.4. The zero-order valence-corrected chi connectivity index (χ0v) is 21.0. The Morgan fingerprint density at radius 3 is 2.44 bits per heavy atom. The maximum absolute atomic E-state index is 11.9. The summed E-state index contributed by atoms with van der Waals surface area (Å²) in [7, 11) is 2.09. The van der Waals surface area contributed by atoms with Crippen LogP contribution in [0.25, 0.3) is 22.4 Å². The van der Waals surface area contributed by atoms with Crippen molar-refractivity contribution < 1.29 is 4.79 Å². The average molecular weight is 456 g/mol. The number of fused-ring (bicyclic) bond motifs is 1. The van der Waals surface area contributed by atoms with Crippen molar-refractivity contribution in [3.8, 4) is 11.4 Å². The number of rotatable bonds is 8. The minimum Gasteiger partial charge on any atom is -0.371 e. The van der Waals surface area contributed by atoms with Gasteiger partial charge in [-0.15, -0.1) is 0 Å². The monoisotopic (exact) mass is 455 g/mol. The Hall–Kier alpha value is -3.40. The third-order valence-corrected chi connectivity index (χ3v) is 6.23. The molecule has 4 rings (SSSR count). The molecule has 1 saturated carbocycles. The Morgan fingerprint density at radius 1 is 1.09 bits per heavy atom. The van der Waals surface area contributed by atoms with Crippen LogP contribution in [0.1, 0.15) is 62.9 Å². The largest absolute Gasteiger partial charge is 0.371 e. The predicted octanol–water partition coefficient (Wildman–Crippen LogP) is 7.78. The summed E-state index contributed by atoms with van der Waals surface area (Å²) in [4.78, 5) is 19.1. The molecule has 0 spiro atoms. The minimum atomic E-state index is 0.0743. The third-order valence-electron chi connectivity index (χ3n) is 6.23. The molecular formula is C30H37N3O. The fourth-order valence-electron chi connectivity index (χ4n) is 4.46. The van der Waals surface area contributed by atoms with Crippen LogP contribution in [0, 0.1) is 0 Å². The Kier molecular flexibility index (Phi) is 9.03. The van der Waals surface area contributed by atoms with Crippen LogP contribution in [0.15, 0.2) is 79.4 Å². The van der Waals surface area contributed by atoms with Crippen molar-refractivity contribution in [2.24, 2.45) is 0 Å². The molecule has 0 aliphatic heterocycles. The van der Waals surface area contributed by atoms with Gasteiger partial charge in [0.15, 0.2) is 5.78 Å². The van der Waals surface area contributed by atoms with Crippen molar-refractivity contribution >= 4 is 22.5 Å². The Bertz CT molecular complexity index is 1160. The maximum Gasteiger partial charge on any atom is 0.159 e. The number of anilines is 1. The van der Waals surface area contributed by atoms with E-state index in [0.29, 0.717) is 11.6 Å². The first kappa shape index (κ1) is 25.2. The fourth-order valence-corrected chi connectivity index (χ4v) is 4.46. The molecule has 34 heavy (non-hydrogen) atoms. The lowest BCUT2D eigenvalue weighted by atomic mass is 10.1. The number of aromatic nitrogens is 2. The van der Waals surface area contributed by atoms with Crippen molar-refractivity contribution in [2.75, 3.05) is 18.5 Å². The van der Waals surface area contributed by atoms with Crippen LogP contribution in [-0.4, -0.2) is 28.9 Å². The number of nitrogens with zero attached hydrogens (tertiary/aromatic N) is 3. The van der Waals surface area contributed by atoms with Crippen LogP contribution in [0.3, 0.4) is 0 Å². The van der Waals surface area contributed by atoms with Crippen molar-refractivity contribution in [3.63, 3.8) is 0 Å². The Labute approximate surface area is 204 Å². The molecule has 178 valence electrons. The van der Waals surface area contributed by atoms with Gasteiger partial charge in [0.25, 0.3) is 0 Å². The van der Waals surface area contributed by atoms with E-state index in [2.05, 4.69) is 59.5 Å². The van der Waals surface area contributed by atoms with Crippen LogP contribution >= 0.6 is 0 Å². The summed E-state index contributed by atoms with van der Waals surface area (Å²) in [6.07, 6.45) is 14.7. The molecule has 0 bridgehead atoms. The number of likely N-dealkylation sites (N-methyl/N-ethyl adjacent to an activating group) is 1. The molecule has 0 N–H and O–H groups in total. The molecule has 4 heteroatoms. The molecule has 1 aromatic heterocycles. The van der Waals surface area contributed by atoms with Crippen LogP contribution in [0.2, 0.25) is 0 Å². The first-order chi connectivity index (χ1) is 16.6. The Balaban J connectivity index is 0.00000158. The van der Waals surface area contributed by atoms with E-state index in [4.69, 9.17) is 4.98 Å². The van der Waals surface area contributed by atoms with E-state index in [0.717, 1.165) is 34.7 Å². The van der Waals surface area contributed by atoms with Crippen LogP contribution in [0.5, 0.6) is 0 Å². The molecule has 1 heterocycles. The molecule has 0 atom stereocenters. The molecule has 1 aliphatic carbocycles. The smallest absolute Gasteiger partial charge is 0.159 e. The summed E-state index contributed by atoms with van der Waals surface area (Å²) in [5, 5.41) is 0. The zero-order valence-electron chi connectivity index (χ0n) is 21.0. The quantitative estimate of drug-likeness (QED) is 0.257. The highest BCUT2D eigenvalue weighted by molar-refractivity contribution is 5.97. The second-order valence-electron chi connectivity index (χ2n) is 8.48. The van der Waals surface area contributed by atoms with Gasteiger partial charge >= 0.3 is 0 Å². The fraction of sp³-hybridized carbons (Fsp3) is 0.333. The van der Waals surface area contributed by atoms with E-state index in [1.54, 1.807) is 13.0 Å². The van der Waals surface area contributed by atoms with Gasteiger partial charge in [-0.1, -0.05) is 63.6 Å². The highest BCUT2D eigenvalue weighted by Gasteiger charge is 2.23. The van der Waals surface area contributed by atoms with E-state index < -0.39 is 0 Å². The number of Topliss-reactive ketones (excluding diaryl/α,β-unsaturated/α-hetero) is 1. The normalized spacial score (nSPS) is 14.0. The van der Waals surface area contributed by atoms with E-state index in [1.165, 1.54) is 25.7 Å². The van der Waals surface area contributed by atoms with Gasteiger partial charge in [-0.05, 0) is 62.2 Å². The van der Waals surface area contributed by atoms with Crippen LogP contribution in [-0.2, 0) is 0 Å². The number of carbonyl (C=O) groups is 1. The highest BCUT2D eigenvalue weighted by atomic mass is 16.1. The summed E-state index contributed by atoms with van der Waals surface area (Å²) in [5.74, 6) is 1.07. The topological polar surface area (TPSA) is 38.1 Å². The number of hydrogen-bond donors (Lipinski definition) is 0. The van der Waals surface area contributed by atoms with E-state index in [1.807, 2.05) is 44.2 Å². The molecule has 0 saturated heterocycles. The van der Waals surface area contributed by atoms with Crippen molar-refractivity contribution in [1.29, 1.82) is 0 Å². The second kappa shape index (κ2) is 12.2. The third kappa shape index (κ3) is 5.74. The molecule has 1 aliphatic rings. The molecule has 0 unspecified atom stereocenters. The van der Waals surface area contributed by atoms with E-state index in [-0.39, 0.29) is 5.78 Å². The van der Waals surface area contributed by atoms with Crippen molar-refractivity contribution in [2.45, 2.75) is 52.5 Å². The minimum absolute atomic E-state index is 0.0743. The highest BCUT2D eigenvalue weighted by Crippen LogP contribution is 2.37. The van der Waals surface area contributed by atoms with Crippen LogP contribution < -0.4 is 4.90 Å². The maximum atomic E-state index is 11.9. The van der Waals surface area contributed by atoms with Crippen LogP contribution in [0.4, 0.5) is 5.69 Å². The lowest BCUT2D eigenvalue weighted by Crippen LogP contribution is -2.16. The van der Waals surface area contributed by atoms with Gasteiger partial charge in [0.1, 0.15) is 5.82 Å². The zero-order chi connectivity index (χ0) is 24.5. The summed E-state index contributed by atoms with van der Waals surface area (Å²) in [6.45, 7) is 10.1. The first-order valence-corrected chi connectivity index (χ1v) is 12.4. The van der Waals surface area contributed by atoms with Gasteiger partial charge in [-0.3, -0.25) is 4.79 Å². The number of ketones is 1. The predicted molar refractivity (Wildman–Crippen MR) is 146 cm³/mol. The summed E-state index contributed by atoms with van der Waals surface area (Å²) >= 11 is 0. The van der Waals surface area contributed by atoms with Gasteiger partial charge in [-0.2, -0.15) is 0 Å². The number of hydrogen-bond acceptors (Lipinski definition) is 3. The summed E-state index contributed by atoms with van der Waals surface area (Å²) in [5.41, 5.74) is 5.01. The standard InChI is InChI=1S/C28H31N3O.C2H6/c1-4-5-6-7-10-19-30(3)24-16-13-22(14-17-24)28-29-26-20-23(21(2)32)15-18-27(26)31(28)25-11-8-9-12-25;1-2/h4-7,10,13-18,20,25H,1,8-9,11-12,19H2,2-3H3;1-2H3/b6-5-,10-7+;. The van der Waals surface area contributed by atoms with E-state index in [9.17, 15) is 4.79 Å². The number of allylic oxidation sites excluding steroid dienone is 4. The van der Waals surface area contributed by atoms with E-state index >= 15 is 0 Å². The molecule has 0 amide bonds. The molecule has 4 nitrogen and oxygen atoms in total. The molecule has 3 aromatic rings. The molecule has 2 aromatic carbocycles. The number of benzene rings is 2. The summed E-state index contributed by atoms with van der Waals surface area (Å²) in [6, 6.07) is 15.0. The van der Waals surface area contributed by atoms with Gasteiger partial charge in [0, 0.05) is 36.4 Å². The lowest BCUT2D eigenvalue weighted by molar-refractivity contribution is 0.101. The van der Waals surface area contributed by atoms with Gasteiger partial charge in [-0.25, -0.2) is 4.98 Å². The summed E-state index contributed by atoms with van der Waals surface area (Å²) < 4.78 is 2.40. The average Bonchev–Trinajstić information content (AvgIpc) is 3.52. The number of imidazole rings is 1. The van der Waals surface area contributed by atoms with Crippen molar-refractivity contribution in [1.82, 2.24) is 9.55 Å². The van der Waals surface area contributed by atoms with Gasteiger partial charge < -0.3 is 9.47 Å². The van der Waals surface area contributed by atoms with Gasteiger partial charge in [0.05, 0.1) is 11.0 Å². The van der Waals surface area contributed by atoms with Gasteiger partial charge in [0.2, 0.25) is 0 Å². The molecule has 0 radical (unpaired) electrons. The SMILES string of the molecule is C=C/C=C\C=C\CN(C)c1ccc(-c2nc3cc(C(C)=O)ccc3n2C2CCCC2)cc1.CC. The number of carbonyl (C=O) groups excluding carboxylic acids is 1. The van der Waals surface area contributed by atoms with Crippen molar-refractivity contribution in [3.05, 3.63) is 85.0 Å². The lowest BCUT2D eigenvalue weighted by Gasteiger charge is -2.19. The molecular weight excluding hydrogens is 418 g/mol. The molecule has 1 fully saturated rings. The second-order valence-corrected chi connectivity index (χ2v) is 8.48.